The van der Waals surface area contributed by atoms with Crippen molar-refractivity contribution < 1.29 is 22.7 Å². The lowest BCUT2D eigenvalue weighted by molar-refractivity contribution is -0.139. The second-order valence-corrected chi connectivity index (χ2v) is 12.2. The van der Waals surface area contributed by atoms with E-state index in [4.69, 9.17) is 27.9 Å². The maximum Gasteiger partial charge on any atom is 0.264 e. The predicted molar refractivity (Wildman–Crippen MR) is 163 cm³/mol. The van der Waals surface area contributed by atoms with Crippen LogP contribution in [0, 0.1) is 6.92 Å². The third-order valence-electron chi connectivity index (χ3n) is 6.38. The Balaban J connectivity index is 2.03. The van der Waals surface area contributed by atoms with Crippen molar-refractivity contribution in [2.45, 2.75) is 51.6 Å². The van der Waals surface area contributed by atoms with Crippen LogP contribution >= 0.6 is 23.2 Å². The van der Waals surface area contributed by atoms with Crippen molar-refractivity contribution in [3.63, 3.8) is 0 Å². The highest BCUT2D eigenvalue weighted by atomic mass is 35.5. The summed E-state index contributed by atoms with van der Waals surface area (Å²) in [7, 11) is -4.16. The topological polar surface area (TPSA) is 96.0 Å². The Kier molecular flexibility index (Phi) is 11.5. The van der Waals surface area contributed by atoms with Crippen LogP contribution < -0.4 is 14.4 Å². The van der Waals surface area contributed by atoms with Gasteiger partial charge in [-0.2, -0.15) is 0 Å². The van der Waals surface area contributed by atoms with E-state index in [1.54, 1.807) is 61.5 Å². The van der Waals surface area contributed by atoms with Gasteiger partial charge in [0.05, 0.1) is 27.2 Å². The molecule has 0 saturated heterocycles. The molecule has 0 heterocycles. The zero-order valence-corrected chi connectivity index (χ0v) is 25.9. The van der Waals surface area contributed by atoms with Crippen LogP contribution in [0.25, 0.3) is 0 Å². The summed E-state index contributed by atoms with van der Waals surface area (Å²) in [5.41, 5.74) is 1.81. The van der Waals surface area contributed by atoms with Crippen LogP contribution in [-0.2, 0) is 26.2 Å². The van der Waals surface area contributed by atoms with Crippen molar-refractivity contribution in [2.24, 2.45) is 0 Å². The number of hydrogen-bond acceptors (Lipinski definition) is 5. The fraction of sp³-hybridized carbons (Fsp3) is 0.333. The molecule has 1 N–H and O–H groups in total. The Morgan fingerprint density at radius 2 is 1.61 bits per heavy atom. The molecule has 0 aliphatic carbocycles. The molecule has 3 rings (SSSR count). The van der Waals surface area contributed by atoms with Gasteiger partial charge in [-0.3, -0.25) is 13.9 Å². The minimum absolute atomic E-state index is 0.0120. The molecular formula is C30H35Cl2N3O5S. The van der Waals surface area contributed by atoms with E-state index < -0.39 is 28.5 Å². The Morgan fingerprint density at radius 1 is 0.951 bits per heavy atom. The standard InChI is InChI=1S/C30H35Cl2N3O5S/c1-5-17-33-30(37)22(4)34(19-23-9-16-27(31)28(32)18-23)29(36)20-35(24-10-12-25(13-11-24)40-6-2)41(38,39)26-14-7-21(3)8-15-26/h7-16,18,22H,5-6,17,19-20H2,1-4H3,(H,33,37)/t22-/m1/s1. The molecule has 0 radical (unpaired) electrons. The number of halogens is 2. The highest BCUT2D eigenvalue weighted by Crippen LogP contribution is 2.28. The van der Waals surface area contributed by atoms with Crippen LogP contribution in [0.2, 0.25) is 10.0 Å². The van der Waals surface area contributed by atoms with E-state index in [-0.39, 0.29) is 23.0 Å². The van der Waals surface area contributed by atoms with E-state index in [1.165, 1.54) is 17.0 Å². The van der Waals surface area contributed by atoms with Crippen molar-refractivity contribution in [2.75, 3.05) is 24.0 Å². The lowest BCUT2D eigenvalue weighted by Crippen LogP contribution is -2.51. The summed E-state index contributed by atoms with van der Waals surface area (Å²) in [5, 5.41) is 3.47. The van der Waals surface area contributed by atoms with E-state index in [9.17, 15) is 18.0 Å². The van der Waals surface area contributed by atoms with E-state index in [0.29, 0.717) is 34.5 Å². The number of anilines is 1. The highest BCUT2D eigenvalue weighted by Gasteiger charge is 2.32. The number of nitrogens with zero attached hydrogens (tertiary/aromatic N) is 2. The molecule has 0 aromatic heterocycles. The molecule has 0 fully saturated rings. The first kappa shape index (κ1) is 32.2. The second kappa shape index (κ2) is 14.6. The number of rotatable bonds is 13. The molecule has 3 aromatic rings. The summed E-state index contributed by atoms with van der Waals surface area (Å²) >= 11 is 12.3. The molecule has 3 aromatic carbocycles. The minimum Gasteiger partial charge on any atom is -0.494 e. The van der Waals surface area contributed by atoms with Crippen molar-refractivity contribution in [1.82, 2.24) is 10.2 Å². The molecule has 0 aliphatic rings. The number of hydrogen-bond donors (Lipinski definition) is 1. The number of carbonyl (C=O) groups is 2. The second-order valence-electron chi connectivity index (χ2n) is 9.49. The van der Waals surface area contributed by atoms with Crippen molar-refractivity contribution in [1.29, 1.82) is 0 Å². The molecule has 0 bridgehead atoms. The van der Waals surface area contributed by atoms with Crippen LogP contribution in [0.1, 0.15) is 38.3 Å². The van der Waals surface area contributed by atoms with Crippen LogP contribution in [0.5, 0.6) is 5.75 Å². The third kappa shape index (κ3) is 8.38. The fourth-order valence-corrected chi connectivity index (χ4v) is 5.79. The van der Waals surface area contributed by atoms with Gasteiger partial charge in [0, 0.05) is 13.1 Å². The normalized spacial score (nSPS) is 12.0. The summed E-state index contributed by atoms with van der Waals surface area (Å²) in [6.07, 6.45) is 0.722. The van der Waals surface area contributed by atoms with Gasteiger partial charge in [0.2, 0.25) is 11.8 Å². The average molecular weight is 621 g/mol. The highest BCUT2D eigenvalue weighted by molar-refractivity contribution is 7.92. The lowest BCUT2D eigenvalue weighted by atomic mass is 10.1. The first-order valence-corrected chi connectivity index (χ1v) is 15.5. The van der Waals surface area contributed by atoms with E-state index in [1.807, 2.05) is 20.8 Å². The number of benzene rings is 3. The predicted octanol–water partition coefficient (Wildman–Crippen LogP) is 5.84. The van der Waals surface area contributed by atoms with Gasteiger partial charge in [0.15, 0.2) is 0 Å². The molecule has 41 heavy (non-hydrogen) atoms. The minimum atomic E-state index is -4.16. The van der Waals surface area contributed by atoms with E-state index in [0.717, 1.165) is 16.3 Å². The largest absolute Gasteiger partial charge is 0.494 e. The maximum atomic E-state index is 14.0. The maximum absolute atomic E-state index is 14.0. The number of nitrogens with one attached hydrogen (secondary N) is 1. The summed E-state index contributed by atoms with van der Waals surface area (Å²) in [6.45, 7) is 7.60. The zero-order chi connectivity index (χ0) is 30.2. The van der Waals surface area contributed by atoms with E-state index >= 15 is 0 Å². The first-order valence-electron chi connectivity index (χ1n) is 13.3. The van der Waals surface area contributed by atoms with Gasteiger partial charge in [-0.25, -0.2) is 8.42 Å². The molecule has 8 nitrogen and oxygen atoms in total. The number of ether oxygens (including phenoxy) is 1. The Labute approximate surface area is 252 Å². The van der Waals surface area contributed by atoms with Gasteiger partial charge >= 0.3 is 0 Å². The molecule has 0 saturated carbocycles. The molecule has 0 aliphatic heterocycles. The summed E-state index contributed by atoms with van der Waals surface area (Å²) in [5.74, 6) is -0.355. The number of aryl methyl sites for hydroxylation is 1. The molecule has 220 valence electrons. The average Bonchev–Trinajstić information content (AvgIpc) is 2.95. The first-order chi connectivity index (χ1) is 19.5. The third-order valence-corrected chi connectivity index (χ3v) is 8.90. The van der Waals surface area contributed by atoms with Crippen molar-refractivity contribution in [3.05, 3.63) is 87.9 Å². The van der Waals surface area contributed by atoms with Crippen molar-refractivity contribution in [3.8, 4) is 5.75 Å². The molecule has 0 spiro atoms. The summed E-state index contributed by atoms with van der Waals surface area (Å²) < 4.78 is 34.4. The van der Waals surface area contributed by atoms with Crippen LogP contribution in [0.3, 0.4) is 0 Å². The number of amides is 2. The summed E-state index contributed by atoms with van der Waals surface area (Å²) in [4.78, 5) is 28.3. The smallest absolute Gasteiger partial charge is 0.264 e. The van der Waals surface area contributed by atoms with Gasteiger partial charge in [-0.15, -0.1) is 0 Å². The van der Waals surface area contributed by atoms with Crippen LogP contribution in [0.4, 0.5) is 5.69 Å². The van der Waals surface area contributed by atoms with E-state index in [2.05, 4.69) is 5.32 Å². The molecule has 1 atom stereocenters. The summed E-state index contributed by atoms with van der Waals surface area (Å²) in [6, 6.07) is 16.9. The molecule has 0 unspecified atom stereocenters. The quantitative estimate of drug-likeness (QED) is 0.259. The fourth-order valence-electron chi connectivity index (χ4n) is 4.05. The number of sulfonamides is 1. The SMILES string of the molecule is CCCNC(=O)[C@@H](C)N(Cc1ccc(Cl)c(Cl)c1)C(=O)CN(c1ccc(OCC)cc1)S(=O)(=O)c1ccc(C)cc1. The van der Waals surface area contributed by atoms with Gasteiger partial charge in [-0.1, -0.05) is 53.9 Å². The van der Waals surface area contributed by atoms with Crippen LogP contribution in [0.15, 0.2) is 71.6 Å². The molecule has 11 heteroatoms. The van der Waals surface area contributed by atoms with Gasteiger partial charge in [0.25, 0.3) is 10.0 Å². The van der Waals surface area contributed by atoms with Gasteiger partial charge in [0.1, 0.15) is 18.3 Å². The Bertz CT molecular complexity index is 1450. The lowest BCUT2D eigenvalue weighted by Gasteiger charge is -2.32. The molecule has 2 amide bonds. The van der Waals surface area contributed by atoms with Crippen molar-refractivity contribution >= 4 is 50.7 Å². The van der Waals surface area contributed by atoms with Gasteiger partial charge < -0.3 is 15.0 Å². The number of carbonyl (C=O) groups excluding carboxylic acids is 2. The Morgan fingerprint density at radius 3 is 2.20 bits per heavy atom. The zero-order valence-electron chi connectivity index (χ0n) is 23.6. The monoisotopic (exact) mass is 619 g/mol. The van der Waals surface area contributed by atoms with Gasteiger partial charge in [-0.05, 0) is 81.3 Å². The van der Waals surface area contributed by atoms with Crippen LogP contribution in [-0.4, -0.2) is 50.9 Å². The molecular weight excluding hydrogens is 585 g/mol. The Hall–Kier alpha value is -3.27.